The number of hydrogen-bond donors (Lipinski definition) is 4. The Morgan fingerprint density at radius 1 is 1.05 bits per heavy atom. The first kappa shape index (κ1) is 14.4. The van der Waals surface area contributed by atoms with Gasteiger partial charge in [-0.25, -0.2) is 13.6 Å². The van der Waals surface area contributed by atoms with Gasteiger partial charge >= 0.3 is 6.03 Å². The number of para-hydroxylation sites is 1. The summed E-state index contributed by atoms with van der Waals surface area (Å²) in [5.74, 6) is -1.56. The smallest absolute Gasteiger partial charge is 0.323 e. The quantitative estimate of drug-likeness (QED) is 0.517. The molecule has 0 aromatic heterocycles. The molecule has 0 saturated carbocycles. The van der Waals surface area contributed by atoms with Crippen LogP contribution in [0.5, 0.6) is 0 Å². The fourth-order valence-electron chi connectivity index (χ4n) is 1.69. The van der Waals surface area contributed by atoms with Crippen LogP contribution < -0.4 is 16.4 Å². The highest BCUT2D eigenvalue weighted by molar-refractivity contribution is 6.06. The van der Waals surface area contributed by atoms with Crippen LogP contribution >= 0.6 is 0 Å². The summed E-state index contributed by atoms with van der Waals surface area (Å²) in [5.41, 5.74) is 5.51. The molecule has 0 radical (unpaired) electrons. The van der Waals surface area contributed by atoms with Gasteiger partial charge in [0.2, 0.25) is 0 Å². The van der Waals surface area contributed by atoms with Gasteiger partial charge in [0.25, 0.3) is 0 Å². The number of carbonyl (C=O) groups excluding carboxylic acids is 1. The van der Waals surface area contributed by atoms with E-state index < -0.39 is 23.5 Å². The van der Waals surface area contributed by atoms with Gasteiger partial charge in [0, 0.05) is 5.56 Å². The summed E-state index contributed by atoms with van der Waals surface area (Å²) in [6.07, 6.45) is 0. The molecule has 0 aliphatic heterocycles. The van der Waals surface area contributed by atoms with Crippen LogP contribution in [0.25, 0.3) is 0 Å². The van der Waals surface area contributed by atoms with Crippen molar-refractivity contribution in [1.29, 1.82) is 5.41 Å². The van der Waals surface area contributed by atoms with Gasteiger partial charge in [-0.15, -0.1) is 0 Å². The van der Waals surface area contributed by atoms with E-state index in [0.29, 0.717) is 0 Å². The van der Waals surface area contributed by atoms with Crippen LogP contribution in [0, 0.1) is 17.0 Å². The Balaban J connectivity index is 2.17. The van der Waals surface area contributed by atoms with Crippen LogP contribution in [0.2, 0.25) is 0 Å². The minimum absolute atomic E-state index is 0.00138. The number of amides is 2. The molecule has 0 bridgehead atoms. The van der Waals surface area contributed by atoms with Gasteiger partial charge in [0.05, 0.1) is 11.4 Å². The molecule has 2 amide bonds. The Morgan fingerprint density at radius 2 is 1.71 bits per heavy atom. The maximum Gasteiger partial charge on any atom is 0.323 e. The van der Waals surface area contributed by atoms with Gasteiger partial charge in [-0.3, -0.25) is 5.41 Å². The third kappa shape index (κ3) is 3.53. The summed E-state index contributed by atoms with van der Waals surface area (Å²) < 4.78 is 26.5. The van der Waals surface area contributed by atoms with Gasteiger partial charge in [-0.2, -0.15) is 0 Å². The zero-order chi connectivity index (χ0) is 15.4. The lowest BCUT2D eigenvalue weighted by Gasteiger charge is -2.11. The summed E-state index contributed by atoms with van der Waals surface area (Å²) in [7, 11) is 0. The molecule has 0 heterocycles. The highest BCUT2D eigenvalue weighted by Crippen LogP contribution is 2.18. The molecule has 5 N–H and O–H groups in total. The minimum atomic E-state index is -0.728. The average Bonchev–Trinajstić information content (AvgIpc) is 2.43. The molecule has 0 saturated heterocycles. The highest BCUT2D eigenvalue weighted by atomic mass is 19.1. The van der Waals surface area contributed by atoms with Gasteiger partial charge in [-0.05, 0) is 30.3 Å². The van der Waals surface area contributed by atoms with Crippen molar-refractivity contribution in [3.05, 3.63) is 59.7 Å². The van der Waals surface area contributed by atoms with Crippen LogP contribution in [-0.2, 0) is 0 Å². The topological polar surface area (TPSA) is 91.0 Å². The third-order valence-corrected chi connectivity index (χ3v) is 2.64. The van der Waals surface area contributed by atoms with E-state index in [2.05, 4.69) is 10.6 Å². The number of nitrogens with two attached hydrogens (primary N) is 1. The van der Waals surface area contributed by atoms with Crippen molar-refractivity contribution in [2.75, 3.05) is 10.6 Å². The number of anilines is 2. The maximum atomic E-state index is 13.4. The van der Waals surface area contributed by atoms with Crippen LogP contribution in [0.1, 0.15) is 5.56 Å². The monoisotopic (exact) mass is 290 g/mol. The summed E-state index contributed by atoms with van der Waals surface area (Å²) in [6, 6.07) is 8.34. The number of urea groups is 1. The number of hydrogen-bond acceptors (Lipinski definition) is 2. The summed E-state index contributed by atoms with van der Waals surface area (Å²) >= 11 is 0. The average molecular weight is 290 g/mol. The molecule has 0 fully saturated rings. The number of rotatable bonds is 3. The molecule has 7 heteroatoms. The predicted molar refractivity (Wildman–Crippen MR) is 76.5 cm³/mol. The number of benzene rings is 2. The molecule has 0 unspecified atom stereocenters. The Labute approximate surface area is 119 Å². The maximum absolute atomic E-state index is 13.4. The van der Waals surface area contributed by atoms with E-state index in [1.807, 2.05) is 0 Å². The molecular weight excluding hydrogens is 278 g/mol. The third-order valence-electron chi connectivity index (χ3n) is 2.64. The van der Waals surface area contributed by atoms with Gasteiger partial charge < -0.3 is 16.4 Å². The zero-order valence-electron chi connectivity index (χ0n) is 10.8. The van der Waals surface area contributed by atoms with Gasteiger partial charge in [0.15, 0.2) is 0 Å². The van der Waals surface area contributed by atoms with Crippen LogP contribution in [0.3, 0.4) is 0 Å². The fourth-order valence-corrected chi connectivity index (χ4v) is 1.69. The number of nitrogens with one attached hydrogen (secondary N) is 3. The largest absolute Gasteiger partial charge is 0.384 e. The molecule has 2 aromatic rings. The lowest BCUT2D eigenvalue weighted by molar-refractivity contribution is 0.262. The summed E-state index contributed by atoms with van der Waals surface area (Å²) in [5, 5.41) is 12.1. The van der Waals surface area contributed by atoms with Crippen LogP contribution in [0.4, 0.5) is 25.0 Å². The van der Waals surface area contributed by atoms with Crippen molar-refractivity contribution in [2.45, 2.75) is 0 Å². The summed E-state index contributed by atoms with van der Waals surface area (Å²) in [4.78, 5) is 11.8. The van der Waals surface area contributed by atoms with E-state index in [0.717, 1.165) is 12.1 Å². The van der Waals surface area contributed by atoms with E-state index in [9.17, 15) is 13.6 Å². The van der Waals surface area contributed by atoms with Crippen LogP contribution in [0.15, 0.2) is 42.5 Å². The molecule has 2 rings (SSSR count). The normalized spacial score (nSPS) is 10.0. The Hall–Kier alpha value is -2.96. The second-order valence-electron chi connectivity index (χ2n) is 4.16. The van der Waals surface area contributed by atoms with Crippen molar-refractivity contribution in [2.24, 2.45) is 5.73 Å². The number of halogens is 2. The first-order chi connectivity index (χ1) is 9.97. The predicted octanol–water partition coefficient (Wildman–Crippen LogP) is 2.89. The van der Waals surface area contributed by atoms with E-state index in [4.69, 9.17) is 11.1 Å². The van der Waals surface area contributed by atoms with E-state index in [1.54, 1.807) is 6.07 Å². The molecule has 2 aromatic carbocycles. The second kappa shape index (κ2) is 6.00. The van der Waals surface area contributed by atoms with E-state index in [-0.39, 0.29) is 16.9 Å². The lowest BCUT2D eigenvalue weighted by atomic mass is 10.1. The van der Waals surface area contributed by atoms with Crippen molar-refractivity contribution >= 4 is 23.2 Å². The molecule has 21 heavy (non-hydrogen) atoms. The molecule has 0 spiro atoms. The molecule has 0 aliphatic rings. The molecule has 0 atom stereocenters. The highest BCUT2D eigenvalue weighted by Gasteiger charge is 2.11. The van der Waals surface area contributed by atoms with Crippen molar-refractivity contribution in [3.8, 4) is 0 Å². The van der Waals surface area contributed by atoms with Crippen molar-refractivity contribution in [3.63, 3.8) is 0 Å². The Bertz CT molecular complexity index is 703. The lowest BCUT2D eigenvalue weighted by Crippen LogP contribution is -2.23. The van der Waals surface area contributed by atoms with Gasteiger partial charge in [-0.1, -0.05) is 12.1 Å². The van der Waals surface area contributed by atoms with Crippen molar-refractivity contribution in [1.82, 2.24) is 0 Å². The van der Waals surface area contributed by atoms with Crippen molar-refractivity contribution < 1.29 is 13.6 Å². The number of amidine groups is 1. The fraction of sp³-hybridized carbons (Fsp3) is 0. The Kier molecular flexibility index (Phi) is 4.13. The number of nitrogen functional groups attached to an aromatic ring is 1. The van der Waals surface area contributed by atoms with E-state index in [1.165, 1.54) is 24.3 Å². The van der Waals surface area contributed by atoms with Gasteiger partial charge in [0.1, 0.15) is 17.5 Å². The number of carbonyl (C=O) groups is 1. The first-order valence-corrected chi connectivity index (χ1v) is 5.94. The molecule has 0 aliphatic carbocycles. The SMILES string of the molecule is N=C(N)c1cc(F)ccc1NC(=O)Nc1ccccc1F. The second-order valence-corrected chi connectivity index (χ2v) is 4.16. The first-order valence-electron chi connectivity index (χ1n) is 5.94. The van der Waals surface area contributed by atoms with Crippen LogP contribution in [-0.4, -0.2) is 11.9 Å². The molecular formula is C14H12F2N4O. The zero-order valence-corrected chi connectivity index (χ0v) is 10.8. The molecule has 5 nitrogen and oxygen atoms in total. The van der Waals surface area contributed by atoms with E-state index >= 15 is 0 Å². The standard InChI is InChI=1S/C14H12F2N4O/c15-8-5-6-11(9(7-8)13(17)18)19-14(21)20-12-4-2-1-3-10(12)16/h1-7H,(H3,17,18)(H2,19,20,21). The Morgan fingerprint density at radius 3 is 2.38 bits per heavy atom. The minimum Gasteiger partial charge on any atom is -0.384 e. The molecule has 108 valence electrons. The summed E-state index contributed by atoms with van der Waals surface area (Å²) in [6.45, 7) is 0.